The van der Waals surface area contributed by atoms with Crippen LogP contribution in [0.2, 0.25) is 0 Å². The Balaban J connectivity index is 1.47. The van der Waals surface area contributed by atoms with Crippen LogP contribution in [-0.2, 0) is 19.1 Å². The lowest BCUT2D eigenvalue weighted by molar-refractivity contribution is -0.213. The fourth-order valence-corrected chi connectivity index (χ4v) is 11.1. The molecule has 218 valence electrons. The summed E-state index contributed by atoms with van der Waals surface area (Å²) in [6, 6.07) is 0. The molecule has 1 unspecified atom stereocenters. The molecule has 5 aliphatic rings. The van der Waals surface area contributed by atoms with Gasteiger partial charge in [0.2, 0.25) is 0 Å². The average molecular weight is 543 g/mol. The zero-order valence-electron chi connectivity index (χ0n) is 25.2. The van der Waals surface area contributed by atoms with Crippen LogP contribution in [0.1, 0.15) is 119 Å². The van der Waals surface area contributed by atoms with Gasteiger partial charge in [-0.15, -0.1) is 0 Å². The zero-order chi connectivity index (χ0) is 28.8. The molecule has 5 aliphatic carbocycles. The van der Waals surface area contributed by atoms with Crippen molar-refractivity contribution in [2.24, 2.45) is 50.2 Å². The molecule has 0 amide bonds. The maximum Gasteiger partial charge on any atom is 0.317 e. The summed E-state index contributed by atoms with van der Waals surface area (Å²) >= 11 is 0. The SMILES string of the molecule is CC1(C)C(OC(=O)CC(=O)O)CC[C@]2(C)[C@H]3CC=C4[C@@H]5C[C@@](C)(C(=O)O)CC[C@]5(C)CC[C@@]4(C)[C@]3(C)CC[C@@H]12. The van der Waals surface area contributed by atoms with Crippen molar-refractivity contribution in [2.75, 3.05) is 0 Å². The summed E-state index contributed by atoms with van der Waals surface area (Å²) in [6.07, 6.45) is 11.5. The Kier molecular flexibility index (Phi) is 6.49. The highest BCUT2D eigenvalue weighted by atomic mass is 16.5. The number of rotatable bonds is 4. The van der Waals surface area contributed by atoms with Gasteiger partial charge in [-0.2, -0.15) is 0 Å². The van der Waals surface area contributed by atoms with Crippen molar-refractivity contribution in [3.63, 3.8) is 0 Å². The van der Waals surface area contributed by atoms with Crippen molar-refractivity contribution >= 4 is 17.9 Å². The Morgan fingerprint density at radius 3 is 2.18 bits per heavy atom. The first-order valence-corrected chi connectivity index (χ1v) is 15.3. The van der Waals surface area contributed by atoms with E-state index in [9.17, 15) is 19.5 Å². The molecule has 39 heavy (non-hydrogen) atoms. The van der Waals surface area contributed by atoms with E-state index in [0.29, 0.717) is 17.8 Å². The molecule has 0 aromatic heterocycles. The molecule has 0 heterocycles. The molecule has 6 nitrogen and oxygen atoms in total. The Bertz CT molecular complexity index is 1110. The molecule has 0 spiro atoms. The van der Waals surface area contributed by atoms with Gasteiger partial charge >= 0.3 is 17.9 Å². The van der Waals surface area contributed by atoms with Crippen LogP contribution in [-0.4, -0.2) is 34.2 Å². The third-order valence-electron chi connectivity index (χ3n) is 13.9. The third kappa shape index (κ3) is 3.96. The molecule has 2 N–H and O–H groups in total. The number of carbonyl (C=O) groups is 3. The molecular weight excluding hydrogens is 492 g/mol. The standard InChI is InChI=1S/C33H50O6/c1-28(2)22-10-13-33(7)23(31(22,5)12-11-24(28)39-26(36)18-25(34)35)9-8-20-21-19-30(4,27(37)38)15-14-29(21,3)16-17-32(20,33)6/h8,21-24H,9-19H2,1-7H3,(H,34,35)(H,37,38)/t21-,22-,23+,24?,29+,30-,31-,32+,33+/m0/s1. The van der Waals surface area contributed by atoms with Crippen molar-refractivity contribution in [3.05, 3.63) is 11.6 Å². The average Bonchev–Trinajstić information content (AvgIpc) is 2.82. The fraction of sp³-hybridized carbons (Fsp3) is 0.848. The minimum Gasteiger partial charge on any atom is -0.481 e. The van der Waals surface area contributed by atoms with Gasteiger partial charge in [-0.05, 0) is 111 Å². The molecule has 0 aliphatic heterocycles. The van der Waals surface area contributed by atoms with E-state index in [0.717, 1.165) is 57.8 Å². The van der Waals surface area contributed by atoms with E-state index in [1.54, 1.807) is 5.57 Å². The lowest BCUT2D eigenvalue weighted by Gasteiger charge is -2.71. The van der Waals surface area contributed by atoms with Crippen LogP contribution in [0, 0.1) is 50.2 Å². The van der Waals surface area contributed by atoms with Gasteiger partial charge < -0.3 is 14.9 Å². The highest BCUT2D eigenvalue weighted by Gasteiger charge is 2.68. The number of carboxylic acid groups (broad SMARTS) is 2. The molecule has 4 fully saturated rings. The molecule has 9 atom stereocenters. The van der Waals surface area contributed by atoms with Crippen LogP contribution in [0.4, 0.5) is 0 Å². The van der Waals surface area contributed by atoms with E-state index in [1.807, 2.05) is 6.92 Å². The second-order valence-corrected chi connectivity index (χ2v) is 16.0. The Hall–Kier alpha value is -1.85. The number of carbonyl (C=O) groups excluding carboxylic acids is 1. The van der Waals surface area contributed by atoms with Gasteiger partial charge in [0.25, 0.3) is 0 Å². The van der Waals surface area contributed by atoms with Crippen molar-refractivity contribution in [1.29, 1.82) is 0 Å². The van der Waals surface area contributed by atoms with Crippen LogP contribution in [0.15, 0.2) is 11.6 Å². The molecule has 0 aromatic carbocycles. The second kappa shape index (κ2) is 8.82. The summed E-state index contributed by atoms with van der Waals surface area (Å²) in [6.45, 7) is 16.4. The first-order valence-electron chi connectivity index (χ1n) is 15.3. The summed E-state index contributed by atoms with van der Waals surface area (Å²) in [7, 11) is 0. The van der Waals surface area contributed by atoms with Gasteiger partial charge in [-0.1, -0.05) is 53.2 Å². The zero-order valence-corrected chi connectivity index (χ0v) is 25.2. The van der Waals surface area contributed by atoms with Gasteiger partial charge in [-0.25, -0.2) is 0 Å². The maximum absolute atomic E-state index is 12.3. The number of esters is 1. The molecular formula is C33H50O6. The van der Waals surface area contributed by atoms with E-state index in [-0.39, 0.29) is 33.2 Å². The number of carboxylic acids is 2. The van der Waals surface area contributed by atoms with Gasteiger partial charge in [-0.3, -0.25) is 14.4 Å². The highest BCUT2D eigenvalue weighted by Crippen LogP contribution is 2.75. The first-order chi connectivity index (χ1) is 17.9. The predicted octanol–water partition coefficient (Wildman–Crippen LogP) is 7.26. The summed E-state index contributed by atoms with van der Waals surface area (Å²) in [5, 5.41) is 19.2. The van der Waals surface area contributed by atoms with Crippen LogP contribution < -0.4 is 0 Å². The van der Waals surface area contributed by atoms with Gasteiger partial charge in [0, 0.05) is 5.41 Å². The lowest BCUT2D eigenvalue weighted by atomic mass is 9.33. The molecule has 0 radical (unpaired) electrons. The fourth-order valence-electron chi connectivity index (χ4n) is 11.1. The molecule has 0 bridgehead atoms. The van der Waals surface area contributed by atoms with E-state index >= 15 is 0 Å². The largest absolute Gasteiger partial charge is 0.481 e. The number of ether oxygens (including phenoxy) is 1. The molecule has 6 heteroatoms. The van der Waals surface area contributed by atoms with Crippen LogP contribution in [0.3, 0.4) is 0 Å². The summed E-state index contributed by atoms with van der Waals surface area (Å²) < 4.78 is 5.81. The maximum atomic E-state index is 12.3. The van der Waals surface area contributed by atoms with E-state index in [4.69, 9.17) is 9.84 Å². The smallest absolute Gasteiger partial charge is 0.317 e. The van der Waals surface area contributed by atoms with Gasteiger partial charge in [0.05, 0.1) is 5.41 Å². The molecule has 0 aromatic rings. The van der Waals surface area contributed by atoms with Crippen molar-refractivity contribution in [3.8, 4) is 0 Å². The quantitative estimate of drug-likeness (QED) is 0.220. The number of hydrogen-bond acceptors (Lipinski definition) is 4. The van der Waals surface area contributed by atoms with Crippen LogP contribution in [0.25, 0.3) is 0 Å². The Morgan fingerprint density at radius 1 is 0.872 bits per heavy atom. The third-order valence-corrected chi connectivity index (χ3v) is 13.9. The lowest BCUT2D eigenvalue weighted by Crippen LogP contribution is -2.64. The first kappa shape index (κ1) is 28.7. The highest BCUT2D eigenvalue weighted by molar-refractivity contribution is 5.90. The van der Waals surface area contributed by atoms with Crippen molar-refractivity contribution in [2.45, 2.75) is 125 Å². The van der Waals surface area contributed by atoms with E-state index < -0.39 is 29.7 Å². The summed E-state index contributed by atoms with van der Waals surface area (Å²) in [5.41, 5.74) is 1.14. The second-order valence-electron chi connectivity index (χ2n) is 16.0. The van der Waals surface area contributed by atoms with Gasteiger partial charge in [0.15, 0.2) is 0 Å². The Morgan fingerprint density at radius 2 is 1.54 bits per heavy atom. The van der Waals surface area contributed by atoms with Crippen LogP contribution >= 0.6 is 0 Å². The van der Waals surface area contributed by atoms with E-state index in [1.165, 1.54) is 6.42 Å². The number of aliphatic carboxylic acids is 2. The topological polar surface area (TPSA) is 101 Å². The van der Waals surface area contributed by atoms with E-state index in [2.05, 4.69) is 47.6 Å². The van der Waals surface area contributed by atoms with Gasteiger partial charge in [0.1, 0.15) is 12.5 Å². The minimum atomic E-state index is -1.14. The molecule has 4 saturated carbocycles. The summed E-state index contributed by atoms with van der Waals surface area (Å²) in [4.78, 5) is 35.7. The monoisotopic (exact) mass is 542 g/mol. The molecule has 0 saturated heterocycles. The normalized spacial score (nSPS) is 48.3. The van der Waals surface area contributed by atoms with Crippen molar-refractivity contribution < 1.29 is 29.3 Å². The molecule has 5 rings (SSSR count). The minimum absolute atomic E-state index is 0.0553. The summed E-state index contributed by atoms with van der Waals surface area (Å²) in [5.74, 6) is -1.20. The van der Waals surface area contributed by atoms with Crippen molar-refractivity contribution in [1.82, 2.24) is 0 Å². The number of hydrogen-bond donors (Lipinski definition) is 2. The van der Waals surface area contributed by atoms with Crippen LogP contribution in [0.5, 0.6) is 0 Å². The number of allylic oxidation sites excluding steroid dienone is 2. The Labute approximate surface area is 234 Å². The number of fused-ring (bicyclic) bond motifs is 7. The predicted molar refractivity (Wildman–Crippen MR) is 149 cm³/mol.